The van der Waals surface area contributed by atoms with Crippen LogP contribution >= 0.6 is 22.9 Å². The fraction of sp³-hybridized carbons (Fsp3) is 0.176. The fourth-order valence-corrected chi connectivity index (χ4v) is 4.71. The SMILES string of the molecule is CCCc1ccc(S(=O)(=O)Nc2nnc(-c3c(F)cccc3Cl)s2)cc1. The summed E-state index contributed by atoms with van der Waals surface area (Å²) in [6.45, 7) is 2.06. The Morgan fingerprint density at radius 3 is 2.54 bits per heavy atom. The van der Waals surface area contributed by atoms with Gasteiger partial charge in [0.15, 0.2) is 5.01 Å². The minimum atomic E-state index is -3.80. The minimum absolute atomic E-state index is 0.0388. The van der Waals surface area contributed by atoms with E-state index in [1.54, 1.807) is 24.3 Å². The van der Waals surface area contributed by atoms with Crippen LogP contribution in [0.4, 0.5) is 9.52 Å². The molecule has 0 unspecified atom stereocenters. The van der Waals surface area contributed by atoms with Gasteiger partial charge >= 0.3 is 0 Å². The molecule has 0 aliphatic rings. The minimum Gasteiger partial charge on any atom is -0.253 e. The summed E-state index contributed by atoms with van der Waals surface area (Å²) in [5.74, 6) is -0.547. The average Bonchev–Trinajstić information content (AvgIpc) is 3.03. The van der Waals surface area contributed by atoms with Gasteiger partial charge in [-0.05, 0) is 36.2 Å². The van der Waals surface area contributed by atoms with Crippen LogP contribution in [-0.2, 0) is 16.4 Å². The molecule has 3 rings (SSSR count). The third kappa shape index (κ3) is 4.03. The van der Waals surface area contributed by atoms with E-state index in [0.717, 1.165) is 29.7 Å². The van der Waals surface area contributed by atoms with Crippen molar-refractivity contribution in [3.63, 3.8) is 0 Å². The van der Waals surface area contributed by atoms with Crippen LogP contribution < -0.4 is 4.72 Å². The first-order chi connectivity index (χ1) is 12.4. The highest BCUT2D eigenvalue weighted by molar-refractivity contribution is 7.93. The summed E-state index contributed by atoms with van der Waals surface area (Å²) in [4.78, 5) is 0.123. The Bertz CT molecular complexity index is 1000. The molecule has 1 N–H and O–H groups in total. The maximum Gasteiger partial charge on any atom is 0.263 e. The van der Waals surface area contributed by atoms with Crippen molar-refractivity contribution in [2.75, 3.05) is 4.72 Å². The quantitative estimate of drug-likeness (QED) is 0.635. The zero-order valence-electron chi connectivity index (χ0n) is 13.7. The van der Waals surface area contributed by atoms with Crippen molar-refractivity contribution in [1.29, 1.82) is 0 Å². The lowest BCUT2D eigenvalue weighted by Crippen LogP contribution is -2.12. The van der Waals surface area contributed by atoms with E-state index in [9.17, 15) is 12.8 Å². The molecule has 9 heteroatoms. The first-order valence-corrected chi connectivity index (χ1v) is 10.5. The predicted octanol–water partition coefficient (Wildman–Crippen LogP) is 4.75. The van der Waals surface area contributed by atoms with E-state index in [1.165, 1.54) is 18.2 Å². The highest BCUT2D eigenvalue weighted by atomic mass is 35.5. The van der Waals surface area contributed by atoms with Crippen molar-refractivity contribution < 1.29 is 12.8 Å². The van der Waals surface area contributed by atoms with Gasteiger partial charge in [-0.3, -0.25) is 4.72 Å². The van der Waals surface area contributed by atoms with Crippen LogP contribution in [0.15, 0.2) is 47.4 Å². The van der Waals surface area contributed by atoms with E-state index < -0.39 is 15.8 Å². The number of halogens is 2. The summed E-state index contributed by atoms with van der Waals surface area (Å²) in [6.07, 6.45) is 1.87. The van der Waals surface area contributed by atoms with Gasteiger partial charge in [0.1, 0.15) is 5.82 Å². The third-order valence-corrected chi connectivity index (χ3v) is 6.25. The van der Waals surface area contributed by atoms with Gasteiger partial charge in [0.25, 0.3) is 10.0 Å². The second-order valence-electron chi connectivity index (χ2n) is 5.51. The zero-order chi connectivity index (χ0) is 18.7. The van der Waals surface area contributed by atoms with E-state index >= 15 is 0 Å². The Morgan fingerprint density at radius 2 is 1.88 bits per heavy atom. The van der Waals surface area contributed by atoms with Crippen LogP contribution in [0, 0.1) is 5.82 Å². The van der Waals surface area contributed by atoms with Crippen molar-refractivity contribution in [2.45, 2.75) is 24.7 Å². The van der Waals surface area contributed by atoms with Gasteiger partial charge in [0.05, 0.1) is 15.5 Å². The fourth-order valence-electron chi connectivity index (χ4n) is 2.37. The molecule has 5 nitrogen and oxygen atoms in total. The number of hydrogen-bond acceptors (Lipinski definition) is 5. The summed E-state index contributed by atoms with van der Waals surface area (Å²) in [5.41, 5.74) is 1.17. The van der Waals surface area contributed by atoms with Crippen LogP contribution in [0.5, 0.6) is 0 Å². The molecular weight excluding hydrogens is 397 g/mol. The van der Waals surface area contributed by atoms with Gasteiger partial charge in [-0.25, -0.2) is 12.8 Å². The smallest absolute Gasteiger partial charge is 0.253 e. The summed E-state index contributed by atoms with van der Waals surface area (Å²) in [7, 11) is -3.80. The molecule has 0 spiro atoms. The maximum absolute atomic E-state index is 14.0. The van der Waals surface area contributed by atoms with Crippen molar-refractivity contribution in [3.8, 4) is 10.6 Å². The molecule has 0 fully saturated rings. The monoisotopic (exact) mass is 411 g/mol. The Balaban J connectivity index is 1.84. The van der Waals surface area contributed by atoms with E-state index in [1.807, 2.05) is 0 Å². The van der Waals surface area contributed by atoms with Crippen LogP contribution in [0.25, 0.3) is 10.6 Å². The van der Waals surface area contributed by atoms with Gasteiger partial charge in [0, 0.05) is 0 Å². The van der Waals surface area contributed by atoms with Crippen molar-refractivity contribution in [3.05, 3.63) is 58.9 Å². The highest BCUT2D eigenvalue weighted by Gasteiger charge is 2.19. The molecule has 26 heavy (non-hydrogen) atoms. The number of sulfonamides is 1. The molecule has 0 radical (unpaired) electrons. The van der Waals surface area contributed by atoms with Crippen LogP contribution in [0.1, 0.15) is 18.9 Å². The molecule has 0 aliphatic heterocycles. The topological polar surface area (TPSA) is 72.0 Å². The molecule has 1 heterocycles. The molecule has 136 valence electrons. The van der Waals surface area contributed by atoms with Gasteiger partial charge in [-0.1, -0.05) is 54.5 Å². The van der Waals surface area contributed by atoms with Gasteiger partial charge in [-0.2, -0.15) is 0 Å². The Morgan fingerprint density at radius 1 is 1.15 bits per heavy atom. The van der Waals surface area contributed by atoms with Crippen LogP contribution in [0.3, 0.4) is 0 Å². The highest BCUT2D eigenvalue weighted by Crippen LogP contribution is 2.34. The van der Waals surface area contributed by atoms with Gasteiger partial charge in [0.2, 0.25) is 5.13 Å². The average molecular weight is 412 g/mol. The number of rotatable bonds is 6. The number of nitrogens with zero attached hydrogens (tertiary/aromatic N) is 2. The number of anilines is 1. The number of nitrogens with one attached hydrogen (secondary N) is 1. The largest absolute Gasteiger partial charge is 0.263 e. The third-order valence-electron chi connectivity index (χ3n) is 3.60. The summed E-state index contributed by atoms with van der Waals surface area (Å²) < 4.78 is 41.3. The molecular formula is C17H15ClFN3O2S2. The summed E-state index contributed by atoms with van der Waals surface area (Å²) >= 11 is 6.91. The maximum atomic E-state index is 14.0. The van der Waals surface area contributed by atoms with Gasteiger partial charge in [-0.15, -0.1) is 10.2 Å². The molecule has 1 aromatic heterocycles. The molecule has 0 saturated carbocycles. The van der Waals surface area contributed by atoms with E-state index in [0.29, 0.717) is 0 Å². The number of aromatic nitrogens is 2. The van der Waals surface area contributed by atoms with E-state index in [4.69, 9.17) is 11.6 Å². The number of hydrogen-bond donors (Lipinski definition) is 1. The van der Waals surface area contributed by atoms with Crippen LogP contribution in [-0.4, -0.2) is 18.6 Å². The lowest BCUT2D eigenvalue weighted by molar-refractivity contribution is 0.601. The Labute approximate surface area is 159 Å². The molecule has 0 amide bonds. The lowest BCUT2D eigenvalue weighted by Gasteiger charge is -2.05. The Kier molecular flexibility index (Phi) is 5.55. The van der Waals surface area contributed by atoms with E-state index in [-0.39, 0.29) is 25.6 Å². The molecule has 2 aromatic carbocycles. The van der Waals surface area contributed by atoms with Gasteiger partial charge < -0.3 is 0 Å². The van der Waals surface area contributed by atoms with Crippen molar-refractivity contribution >= 4 is 38.1 Å². The second kappa shape index (κ2) is 7.69. The number of aryl methyl sites for hydroxylation is 1. The first-order valence-electron chi connectivity index (χ1n) is 7.80. The Hall–Kier alpha value is -2.03. The molecule has 0 aliphatic carbocycles. The zero-order valence-corrected chi connectivity index (χ0v) is 16.1. The normalized spacial score (nSPS) is 11.5. The first kappa shape index (κ1) is 18.8. The second-order valence-corrected chi connectivity index (χ2v) is 8.58. The van der Waals surface area contributed by atoms with Crippen molar-refractivity contribution in [1.82, 2.24) is 10.2 Å². The number of benzene rings is 2. The molecule has 0 saturated heterocycles. The van der Waals surface area contributed by atoms with Crippen molar-refractivity contribution in [2.24, 2.45) is 0 Å². The lowest BCUT2D eigenvalue weighted by atomic mass is 10.1. The van der Waals surface area contributed by atoms with Crippen LogP contribution in [0.2, 0.25) is 5.02 Å². The van der Waals surface area contributed by atoms with E-state index in [2.05, 4.69) is 21.8 Å². The summed E-state index contributed by atoms with van der Waals surface area (Å²) in [6, 6.07) is 10.9. The predicted molar refractivity (Wildman–Crippen MR) is 102 cm³/mol. The summed E-state index contributed by atoms with van der Waals surface area (Å²) in [5, 5.41) is 8.05. The molecule has 0 atom stereocenters. The standard InChI is InChI=1S/C17H15ClFN3O2S2/c1-2-4-11-7-9-12(10-8-11)26(23,24)22-17-21-20-16(25-17)15-13(18)5-3-6-14(15)19/h3,5-10H,2,4H2,1H3,(H,21,22). The molecule has 3 aromatic rings. The molecule has 0 bridgehead atoms.